The van der Waals surface area contributed by atoms with Crippen LogP contribution < -0.4 is 5.32 Å². The molecule has 34 heavy (non-hydrogen) atoms. The second-order valence-corrected chi connectivity index (χ2v) is 9.58. The highest BCUT2D eigenvalue weighted by atomic mass is 16.6. The summed E-state index contributed by atoms with van der Waals surface area (Å²) < 4.78 is 29.2. The van der Waals surface area contributed by atoms with E-state index in [9.17, 15) is 9.59 Å². The molecule has 0 bridgehead atoms. The monoisotopic (exact) mass is 479 g/mol. The van der Waals surface area contributed by atoms with Gasteiger partial charge in [-0.1, -0.05) is 50.1 Å². The normalized spacial score (nSPS) is 24.2. The van der Waals surface area contributed by atoms with Crippen molar-refractivity contribution in [3.63, 3.8) is 0 Å². The lowest BCUT2D eigenvalue weighted by Gasteiger charge is -2.34. The van der Waals surface area contributed by atoms with E-state index in [1.807, 2.05) is 30.3 Å². The first-order valence-electron chi connectivity index (χ1n) is 12.2. The van der Waals surface area contributed by atoms with Crippen molar-refractivity contribution in [2.24, 2.45) is 0 Å². The van der Waals surface area contributed by atoms with Gasteiger partial charge < -0.3 is 29.0 Å². The lowest BCUT2D eigenvalue weighted by atomic mass is 10.0. The average molecular weight is 480 g/mol. The van der Waals surface area contributed by atoms with Crippen LogP contribution in [0.15, 0.2) is 30.3 Å². The molecule has 8 nitrogen and oxygen atoms in total. The molecule has 0 unspecified atom stereocenters. The lowest BCUT2D eigenvalue weighted by molar-refractivity contribution is -0.177. The van der Waals surface area contributed by atoms with E-state index >= 15 is 0 Å². The molecule has 0 spiro atoms. The van der Waals surface area contributed by atoms with Gasteiger partial charge in [0.1, 0.15) is 17.8 Å². The molecule has 1 saturated heterocycles. The average Bonchev–Trinajstić information content (AvgIpc) is 2.77. The Morgan fingerprint density at radius 3 is 2.56 bits per heavy atom. The number of hydrogen-bond donors (Lipinski definition) is 1. The Kier molecular flexibility index (Phi) is 11.8. The largest absolute Gasteiger partial charge is 0.458 e. The van der Waals surface area contributed by atoms with Crippen LogP contribution in [-0.2, 0) is 35.1 Å². The third-order valence-electron chi connectivity index (χ3n) is 5.30. The first-order valence-corrected chi connectivity index (χ1v) is 12.2. The maximum Gasteiger partial charge on any atom is 0.408 e. The molecule has 0 aliphatic carbocycles. The summed E-state index contributed by atoms with van der Waals surface area (Å²) in [7, 11) is 0. The standard InChI is InChI=1S/C26H41NO7/c1-6-7-11-15-31-22-14-16-30-18-21(27-25(29)34-26(3,4)5)24(28)33-19(2)23(22)32-17-20-12-9-8-10-13-20/h8-10,12-13,19,21-23H,6-7,11,14-18H2,1-5H3,(H,27,29)/t19-,21-,22-,23-/m0/s1. The van der Waals surface area contributed by atoms with E-state index in [1.54, 1.807) is 27.7 Å². The van der Waals surface area contributed by atoms with Gasteiger partial charge in [-0.25, -0.2) is 9.59 Å². The van der Waals surface area contributed by atoms with Gasteiger partial charge in [0.15, 0.2) is 6.04 Å². The zero-order valence-electron chi connectivity index (χ0n) is 21.2. The van der Waals surface area contributed by atoms with Gasteiger partial charge >= 0.3 is 12.1 Å². The van der Waals surface area contributed by atoms with Gasteiger partial charge in [-0.15, -0.1) is 0 Å². The zero-order valence-corrected chi connectivity index (χ0v) is 21.2. The highest BCUT2D eigenvalue weighted by Gasteiger charge is 2.35. The number of rotatable bonds is 9. The van der Waals surface area contributed by atoms with Crippen molar-refractivity contribution in [2.75, 3.05) is 19.8 Å². The molecule has 1 N–H and O–H groups in total. The summed E-state index contributed by atoms with van der Waals surface area (Å²) in [5.74, 6) is -0.599. The topological polar surface area (TPSA) is 92.3 Å². The smallest absolute Gasteiger partial charge is 0.408 e. The highest BCUT2D eigenvalue weighted by molar-refractivity contribution is 5.81. The Hall–Kier alpha value is -2.16. The number of nitrogens with one attached hydrogen (secondary N) is 1. The van der Waals surface area contributed by atoms with E-state index in [-0.39, 0.29) is 12.7 Å². The number of carbonyl (C=O) groups is 2. The van der Waals surface area contributed by atoms with E-state index in [2.05, 4.69) is 12.2 Å². The maximum absolute atomic E-state index is 12.9. The van der Waals surface area contributed by atoms with Crippen LogP contribution in [0.1, 0.15) is 65.9 Å². The summed E-state index contributed by atoms with van der Waals surface area (Å²) in [4.78, 5) is 25.1. The molecule has 0 radical (unpaired) electrons. The van der Waals surface area contributed by atoms with Gasteiger partial charge in [-0.05, 0) is 46.1 Å². The van der Waals surface area contributed by atoms with Crippen LogP contribution in [0.2, 0.25) is 0 Å². The highest BCUT2D eigenvalue weighted by Crippen LogP contribution is 2.20. The number of hydrogen-bond acceptors (Lipinski definition) is 7. The molecule has 1 amide bonds. The lowest BCUT2D eigenvalue weighted by Crippen LogP contribution is -2.51. The molecule has 192 valence electrons. The molecule has 1 aromatic rings. The van der Waals surface area contributed by atoms with E-state index in [4.69, 9.17) is 23.7 Å². The van der Waals surface area contributed by atoms with Gasteiger partial charge in [-0.2, -0.15) is 0 Å². The number of alkyl carbamates (subject to hydrolysis) is 1. The van der Waals surface area contributed by atoms with E-state index in [0.717, 1.165) is 24.8 Å². The Bertz CT molecular complexity index is 734. The van der Waals surface area contributed by atoms with Crippen molar-refractivity contribution in [2.45, 2.75) is 96.9 Å². The molecular formula is C26H41NO7. The van der Waals surface area contributed by atoms with Gasteiger partial charge in [0.25, 0.3) is 0 Å². The van der Waals surface area contributed by atoms with Crippen molar-refractivity contribution in [1.29, 1.82) is 0 Å². The van der Waals surface area contributed by atoms with Crippen LogP contribution in [0.4, 0.5) is 4.79 Å². The van der Waals surface area contributed by atoms with Gasteiger partial charge in [-0.3, -0.25) is 0 Å². The minimum atomic E-state index is -0.978. The number of carbonyl (C=O) groups excluding carboxylic acids is 2. The fourth-order valence-corrected chi connectivity index (χ4v) is 3.59. The first kappa shape index (κ1) is 28.1. The Morgan fingerprint density at radius 1 is 1.15 bits per heavy atom. The van der Waals surface area contributed by atoms with Crippen LogP contribution >= 0.6 is 0 Å². The third-order valence-corrected chi connectivity index (χ3v) is 5.30. The van der Waals surface area contributed by atoms with Crippen molar-refractivity contribution in [3.8, 4) is 0 Å². The van der Waals surface area contributed by atoms with E-state index in [0.29, 0.717) is 26.2 Å². The fourth-order valence-electron chi connectivity index (χ4n) is 3.59. The quantitative estimate of drug-likeness (QED) is 0.415. The molecule has 1 aromatic carbocycles. The van der Waals surface area contributed by atoms with Crippen molar-refractivity contribution < 1.29 is 33.3 Å². The minimum Gasteiger partial charge on any atom is -0.458 e. The zero-order chi connectivity index (χ0) is 25.0. The minimum absolute atomic E-state index is 0.0110. The number of ether oxygens (including phenoxy) is 5. The second-order valence-electron chi connectivity index (χ2n) is 9.58. The summed E-state index contributed by atoms with van der Waals surface area (Å²) in [5.41, 5.74) is 0.334. The predicted octanol–water partition coefficient (Wildman–Crippen LogP) is 4.39. The number of benzene rings is 1. The molecule has 1 heterocycles. The molecule has 0 saturated carbocycles. The Labute approximate surface area is 203 Å². The van der Waals surface area contributed by atoms with Crippen molar-refractivity contribution >= 4 is 12.1 Å². The van der Waals surface area contributed by atoms with E-state index < -0.39 is 35.9 Å². The summed E-state index contributed by atoms with van der Waals surface area (Å²) in [6, 6.07) is 8.85. The maximum atomic E-state index is 12.9. The van der Waals surface area contributed by atoms with Gasteiger partial charge in [0, 0.05) is 13.2 Å². The number of cyclic esters (lactones) is 1. The van der Waals surface area contributed by atoms with Crippen LogP contribution in [0.5, 0.6) is 0 Å². The fraction of sp³-hybridized carbons (Fsp3) is 0.692. The molecule has 4 atom stereocenters. The van der Waals surface area contributed by atoms with Crippen molar-refractivity contribution in [1.82, 2.24) is 5.32 Å². The van der Waals surface area contributed by atoms with Crippen LogP contribution in [0.25, 0.3) is 0 Å². The molecule has 0 aromatic heterocycles. The van der Waals surface area contributed by atoms with Crippen LogP contribution in [0, 0.1) is 0 Å². The van der Waals surface area contributed by atoms with Gasteiger partial charge in [0.05, 0.1) is 19.3 Å². The number of esters is 1. The molecular weight excluding hydrogens is 438 g/mol. The molecule has 1 fully saturated rings. The van der Waals surface area contributed by atoms with Crippen molar-refractivity contribution in [3.05, 3.63) is 35.9 Å². The summed E-state index contributed by atoms with van der Waals surface area (Å²) in [5, 5.41) is 2.56. The molecule has 1 aliphatic rings. The Balaban J connectivity index is 2.10. The SMILES string of the molecule is CCCCCO[C@H]1CCOC[C@H](NC(=O)OC(C)(C)C)C(=O)O[C@@H](C)[C@@H]1OCc1ccccc1. The predicted molar refractivity (Wildman–Crippen MR) is 128 cm³/mol. The number of amides is 1. The van der Waals surface area contributed by atoms with Crippen LogP contribution in [-0.4, -0.2) is 61.8 Å². The molecule has 8 heteroatoms. The summed E-state index contributed by atoms with van der Waals surface area (Å²) in [6.45, 7) is 10.5. The first-order chi connectivity index (χ1) is 16.2. The molecule has 2 rings (SSSR count). The van der Waals surface area contributed by atoms with Crippen LogP contribution in [0.3, 0.4) is 0 Å². The second kappa shape index (κ2) is 14.3. The summed E-state index contributed by atoms with van der Waals surface area (Å²) >= 11 is 0. The number of unbranched alkanes of at least 4 members (excludes halogenated alkanes) is 2. The summed E-state index contributed by atoms with van der Waals surface area (Å²) in [6.07, 6.45) is 1.65. The Morgan fingerprint density at radius 2 is 1.88 bits per heavy atom. The van der Waals surface area contributed by atoms with E-state index in [1.165, 1.54) is 0 Å². The molecule has 1 aliphatic heterocycles. The van der Waals surface area contributed by atoms with Gasteiger partial charge in [0.2, 0.25) is 0 Å². The third kappa shape index (κ3) is 10.4.